The molecule has 7 nitrogen and oxygen atoms in total. The largest absolute Gasteiger partial charge is 0.352 e. The quantitative estimate of drug-likeness (QED) is 0.237. The number of amides is 2. The van der Waals surface area contributed by atoms with Crippen molar-refractivity contribution >= 4 is 73.3 Å². The van der Waals surface area contributed by atoms with Crippen LogP contribution in [0.3, 0.4) is 0 Å². The Hall–Kier alpha value is -2.34. The van der Waals surface area contributed by atoms with Gasteiger partial charge in [-0.3, -0.25) is 13.9 Å². The van der Waals surface area contributed by atoms with E-state index < -0.39 is 28.5 Å². The summed E-state index contributed by atoms with van der Waals surface area (Å²) in [6.45, 7) is 1.20. The minimum Gasteiger partial charge on any atom is -0.352 e. The average molecular weight is 728 g/mol. The van der Waals surface area contributed by atoms with Gasteiger partial charge in [0, 0.05) is 16.2 Å². The highest BCUT2D eigenvalue weighted by molar-refractivity contribution is 14.1. The van der Waals surface area contributed by atoms with Gasteiger partial charge in [-0.2, -0.15) is 0 Å². The highest BCUT2D eigenvalue weighted by atomic mass is 127. The number of hydrogen-bond acceptors (Lipinski definition) is 4. The Morgan fingerprint density at radius 1 is 0.951 bits per heavy atom. The van der Waals surface area contributed by atoms with E-state index in [9.17, 15) is 18.0 Å². The number of benzene rings is 3. The van der Waals surface area contributed by atoms with E-state index in [1.165, 1.54) is 17.0 Å². The van der Waals surface area contributed by atoms with E-state index in [0.29, 0.717) is 21.3 Å². The van der Waals surface area contributed by atoms with Crippen LogP contribution < -0.4 is 9.62 Å². The van der Waals surface area contributed by atoms with Gasteiger partial charge in [0.15, 0.2) is 0 Å². The van der Waals surface area contributed by atoms with Crippen molar-refractivity contribution < 1.29 is 18.0 Å². The van der Waals surface area contributed by atoms with Gasteiger partial charge in [0.05, 0.1) is 20.6 Å². The van der Waals surface area contributed by atoms with Crippen molar-refractivity contribution in [3.8, 4) is 0 Å². The molecule has 0 bridgehead atoms. The van der Waals surface area contributed by atoms with E-state index in [0.717, 1.165) is 40.0 Å². The van der Waals surface area contributed by atoms with Crippen LogP contribution in [0.2, 0.25) is 10.0 Å². The van der Waals surface area contributed by atoms with Gasteiger partial charge in [-0.1, -0.05) is 66.7 Å². The first-order valence-electron chi connectivity index (χ1n) is 13.4. The molecule has 4 rings (SSSR count). The summed E-state index contributed by atoms with van der Waals surface area (Å²) in [4.78, 5) is 28.9. The molecular formula is C30H32Cl2IN3O4S. The third-order valence-electron chi connectivity index (χ3n) is 7.18. The van der Waals surface area contributed by atoms with E-state index in [1.807, 2.05) is 0 Å². The number of hydrogen-bond donors (Lipinski definition) is 1. The van der Waals surface area contributed by atoms with Gasteiger partial charge in [-0.25, -0.2) is 8.42 Å². The Kier molecular flexibility index (Phi) is 11.0. The van der Waals surface area contributed by atoms with Gasteiger partial charge in [0.25, 0.3) is 10.0 Å². The summed E-state index contributed by atoms with van der Waals surface area (Å²) in [6, 6.07) is 19.1. The molecule has 218 valence electrons. The molecule has 3 aromatic rings. The zero-order valence-electron chi connectivity index (χ0n) is 22.6. The van der Waals surface area contributed by atoms with Gasteiger partial charge in [-0.05, 0) is 96.5 Å². The van der Waals surface area contributed by atoms with Crippen LogP contribution in [0.4, 0.5) is 5.69 Å². The maximum absolute atomic E-state index is 14.0. The third kappa shape index (κ3) is 8.15. The zero-order chi connectivity index (χ0) is 29.6. The number of halogens is 3. The lowest BCUT2D eigenvalue weighted by molar-refractivity contribution is -0.139. The van der Waals surface area contributed by atoms with Gasteiger partial charge in [0.2, 0.25) is 11.8 Å². The van der Waals surface area contributed by atoms with E-state index in [2.05, 4.69) is 27.9 Å². The molecule has 1 atom stereocenters. The van der Waals surface area contributed by atoms with E-state index in [1.54, 1.807) is 67.6 Å². The predicted octanol–water partition coefficient (Wildman–Crippen LogP) is 6.66. The average Bonchev–Trinajstić information content (AvgIpc) is 2.97. The molecular weight excluding hydrogens is 696 g/mol. The monoisotopic (exact) mass is 727 g/mol. The maximum Gasteiger partial charge on any atom is 0.264 e. The maximum atomic E-state index is 14.0. The Morgan fingerprint density at radius 3 is 2.24 bits per heavy atom. The topological polar surface area (TPSA) is 86.8 Å². The molecule has 2 amide bonds. The number of carbonyl (C=O) groups is 2. The van der Waals surface area contributed by atoms with E-state index >= 15 is 0 Å². The molecule has 0 unspecified atom stereocenters. The first kappa shape index (κ1) is 31.6. The van der Waals surface area contributed by atoms with Crippen molar-refractivity contribution in [2.24, 2.45) is 0 Å². The Bertz CT molecular complexity index is 1470. The fraction of sp³-hybridized carbons (Fsp3) is 0.333. The Balaban J connectivity index is 1.67. The minimum atomic E-state index is -4.11. The lowest BCUT2D eigenvalue weighted by Crippen LogP contribution is -2.53. The Labute approximate surface area is 265 Å². The second-order valence-corrected chi connectivity index (χ2v) is 14.0. The number of sulfonamides is 1. The number of anilines is 1. The van der Waals surface area contributed by atoms with Crippen LogP contribution in [0, 0.1) is 3.57 Å². The molecule has 1 fully saturated rings. The second-order valence-electron chi connectivity index (χ2n) is 10.1. The normalized spacial score (nSPS) is 14.7. The van der Waals surface area contributed by atoms with Crippen LogP contribution in [0.15, 0.2) is 77.7 Å². The predicted molar refractivity (Wildman–Crippen MR) is 172 cm³/mol. The molecule has 1 aliphatic rings. The SMILES string of the molecule is C[C@H](C(=O)NC1CCCCC1)N(Cc1ccc(Cl)c(Cl)c1)C(=O)CN(c1ccc(I)cc1)S(=O)(=O)c1ccccc1. The number of rotatable bonds is 10. The summed E-state index contributed by atoms with van der Waals surface area (Å²) in [5.41, 5.74) is 1.01. The molecule has 0 spiro atoms. The van der Waals surface area contributed by atoms with Crippen LogP contribution >= 0.6 is 45.8 Å². The van der Waals surface area contributed by atoms with Crippen molar-refractivity contribution in [1.29, 1.82) is 0 Å². The van der Waals surface area contributed by atoms with Crippen molar-refractivity contribution in [3.63, 3.8) is 0 Å². The number of carbonyl (C=O) groups excluding carboxylic acids is 2. The van der Waals surface area contributed by atoms with Crippen LogP contribution in [-0.4, -0.2) is 43.8 Å². The molecule has 0 saturated heterocycles. The van der Waals surface area contributed by atoms with Crippen molar-refractivity contribution in [2.75, 3.05) is 10.8 Å². The highest BCUT2D eigenvalue weighted by Gasteiger charge is 2.33. The summed E-state index contributed by atoms with van der Waals surface area (Å²) in [7, 11) is -4.11. The van der Waals surface area contributed by atoms with Gasteiger partial charge in [-0.15, -0.1) is 0 Å². The van der Waals surface area contributed by atoms with Crippen LogP contribution in [0.1, 0.15) is 44.6 Å². The lowest BCUT2D eigenvalue weighted by atomic mass is 9.95. The minimum absolute atomic E-state index is 0.0425. The first-order valence-corrected chi connectivity index (χ1v) is 16.7. The molecule has 3 aromatic carbocycles. The van der Waals surface area contributed by atoms with Gasteiger partial charge < -0.3 is 10.2 Å². The molecule has 1 aliphatic carbocycles. The van der Waals surface area contributed by atoms with Crippen LogP contribution in [0.5, 0.6) is 0 Å². The summed E-state index contributed by atoms with van der Waals surface area (Å²) < 4.78 is 29.7. The second kappa shape index (κ2) is 14.2. The zero-order valence-corrected chi connectivity index (χ0v) is 27.1. The molecule has 0 aliphatic heterocycles. The van der Waals surface area contributed by atoms with Crippen molar-refractivity contribution in [3.05, 3.63) is 92.0 Å². The summed E-state index contributed by atoms with van der Waals surface area (Å²) in [5, 5.41) is 3.79. The summed E-state index contributed by atoms with van der Waals surface area (Å²) in [6.07, 6.45) is 5.04. The smallest absolute Gasteiger partial charge is 0.264 e. The van der Waals surface area contributed by atoms with Gasteiger partial charge in [0.1, 0.15) is 12.6 Å². The first-order chi connectivity index (χ1) is 19.6. The summed E-state index contributed by atoms with van der Waals surface area (Å²) in [5.74, 6) is -0.808. The molecule has 0 radical (unpaired) electrons. The molecule has 11 heteroatoms. The summed E-state index contributed by atoms with van der Waals surface area (Å²) >= 11 is 14.5. The molecule has 1 saturated carbocycles. The third-order valence-corrected chi connectivity index (χ3v) is 10.4. The van der Waals surface area contributed by atoms with E-state index in [4.69, 9.17) is 23.2 Å². The van der Waals surface area contributed by atoms with Crippen molar-refractivity contribution in [1.82, 2.24) is 10.2 Å². The van der Waals surface area contributed by atoms with Crippen LogP contribution in [0.25, 0.3) is 0 Å². The molecule has 0 aromatic heterocycles. The molecule has 1 N–H and O–H groups in total. The number of nitrogens with zero attached hydrogens (tertiary/aromatic N) is 2. The van der Waals surface area contributed by atoms with Gasteiger partial charge >= 0.3 is 0 Å². The molecule has 41 heavy (non-hydrogen) atoms. The highest BCUT2D eigenvalue weighted by Crippen LogP contribution is 2.27. The van der Waals surface area contributed by atoms with Crippen LogP contribution in [-0.2, 0) is 26.2 Å². The number of nitrogens with one attached hydrogen (secondary N) is 1. The standard InChI is InChI=1S/C30H32Cl2IN3O4S/c1-21(30(38)34-24-8-4-2-5-9-24)35(19-22-12-17-27(31)28(32)18-22)29(37)20-36(25-15-13-23(33)14-16-25)41(39,40)26-10-6-3-7-11-26/h3,6-7,10-18,21,24H,2,4-5,8-9,19-20H2,1H3,(H,34,38)/t21-/m1/s1. The molecule has 0 heterocycles. The van der Waals surface area contributed by atoms with E-state index in [-0.39, 0.29) is 23.4 Å². The lowest BCUT2D eigenvalue weighted by Gasteiger charge is -2.33. The Morgan fingerprint density at radius 2 is 1.61 bits per heavy atom. The fourth-order valence-corrected chi connectivity index (χ4v) is 6.96. The fourth-order valence-electron chi connectivity index (χ4n) is 4.84. The van der Waals surface area contributed by atoms with Crippen molar-refractivity contribution in [2.45, 2.75) is 62.6 Å².